The summed E-state index contributed by atoms with van der Waals surface area (Å²) in [5, 5.41) is 10.5. The molecule has 0 fully saturated rings. The molecule has 0 unspecified atom stereocenters. The largest absolute Gasteiger partial charge is 0.319 e. The zero-order valence-electron chi connectivity index (χ0n) is 9.60. The van der Waals surface area contributed by atoms with Crippen LogP contribution in [0.25, 0.3) is 0 Å². The van der Waals surface area contributed by atoms with E-state index in [0.29, 0.717) is 15.9 Å². The van der Waals surface area contributed by atoms with E-state index in [0.717, 1.165) is 0 Å². The molecule has 0 aliphatic heterocycles. The quantitative estimate of drug-likeness (QED) is 0.932. The topological polar surface area (TPSA) is 64.7 Å². The van der Waals surface area contributed by atoms with Crippen LogP contribution in [0.15, 0.2) is 23.2 Å². The van der Waals surface area contributed by atoms with Gasteiger partial charge in [0.15, 0.2) is 0 Å². The van der Waals surface area contributed by atoms with Crippen molar-refractivity contribution in [1.29, 1.82) is 0 Å². The lowest BCUT2D eigenvalue weighted by molar-refractivity contribution is 0.102. The van der Waals surface area contributed by atoms with Gasteiger partial charge >= 0.3 is 0 Å². The first-order valence-electron chi connectivity index (χ1n) is 5.19. The zero-order chi connectivity index (χ0) is 13.1. The van der Waals surface area contributed by atoms with Crippen molar-refractivity contribution in [3.8, 4) is 0 Å². The molecule has 0 aliphatic rings. The number of aryl methyl sites for hydroxylation is 2. The van der Waals surface area contributed by atoms with Crippen LogP contribution < -0.4 is 5.32 Å². The second kappa shape index (κ2) is 5.30. The van der Waals surface area contributed by atoms with Gasteiger partial charge in [0.1, 0.15) is 11.3 Å². The van der Waals surface area contributed by atoms with E-state index in [9.17, 15) is 9.18 Å². The van der Waals surface area contributed by atoms with E-state index in [2.05, 4.69) is 31.4 Å². The zero-order valence-corrected chi connectivity index (χ0v) is 11.2. The first-order valence-corrected chi connectivity index (χ1v) is 5.98. The van der Waals surface area contributed by atoms with Crippen LogP contribution in [-0.4, -0.2) is 32.1 Å². The molecule has 2 aromatic rings. The maximum atomic E-state index is 12.1. The van der Waals surface area contributed by atoms with E-state index in [-0.39, 0.29) is 12.5 Å². The number of alkyl halides is 1. The molecule has 8 heteroatoms. The third-order valence-corrected chi connectivity index (χ3v) is 3.26. The minimum absolute atomic E-state index is 0.173. The number of hydrogen-bond acceptors (Lipinski definition) is 3. The molecule has 0 saturated carbocycles. The molecule has 2 rings (SSSR count). The van der Waals surface area contributed by atoms with Crippen molar-refractivity contribution in [1.82, 2.24) is 19.6 Å². The van der Waals surface area contributed by atoms with Gasteiger partial charge in [0.25, 0.3) is 5.91 Å². The molecule has 0 saturated heterocycles. The molecule has 6 nitrogen and oxygen atoms in total. The maximum Gasteiger partial charge on any atom is 0.260 e. The molecule has 18 heavy (non-hydrogen) atoms. The molecule has 96 valence electrons. The Hall–Kier alpha value is -1.70. The van der Waals surface area contributed by atoms with Crippen molar-refractivity contribution in [3.63, 3.8) is 0 Å². The van der Waals surface area contributed by atoms with Crippen LogP contribution in [0.2, 0.25) is 0 Å². The number of nitrogens with one attached hydrogen (secondary N) is 1. The van der Waals surface area contributed by atoms with Crippen molar-refractivity contribution in [2.75, 3.05) is 12.0 Å². The van der Waals surface area contributed by atoms with E-state index in [1.807, 2.05) is 0 Å². The summed E-state index contributed by atoms with van der Waals surface area (Å²) >= 11 is 3.26. The van der Waals surface area contributed by atoms with Crippen molar-refractivity contribution >= 4 is 27.5 Å². The van der Waals surface area contributed by atoms with E-state index < -0.39 is 6.67 Å². The van der Waals surface area contributed by atoms with E-state index in [1.54, 1.807) is 17.9 Å². The van der Waals surface area contributed by atoms with Crippen LogP contribution in [0.3, 0.4) is 0 Å². The molecule has 1 amide bonds. The molecule has 0 bridgehead atoms. The molecule has 1 N–H and O–H groups in total. The second-order valence-corrected chi connectivity index (χ2v) is 4.36. The second-order valence-electron chi connectivity index (χ2n) is 3.61. The maximum absolute atomic E-state index is 12.1. The van der Waals surface area contributed by atoms with E-state index in [1.165, 1.54) is 17.1 Å². The Morgan fingerprint density at radius 1 is 1.50 bits per heavy atom. The summed E-state index contributed by atoms with van der Waals surface area (Å²) in [5.41, 5.74) is 0.944. The average Bonchev–Trinajstić information content (AvgIpc) is 2.89. The minimum Gasteiger partial charge on any atom is -0.319 e. The highest BCUT2D eigenvalue weighted by Crippen LogP contribution is 2.16. The number of amides is 1. The number of rotatable bonds is 4. The van der Waals surface area contributed by atoms with Gasteiger partial charge in [0.2, 0.25) is 0 Å². The van der Waals surface area contributed by atoms with Crippen molar-refractivity contribution in [2.45, 2.75) is 6.54 Å². The molecule has 0 aromatic carbocycles. The fourth-order valence-corrected chi connectivity index (χ4v) is 1.78. The van der Waals surface area contributed by atoms with E-state index in [4.69, 9.17) is 0 Å². The molecule has 0 radical (unpaired) electrons. The van der Waals surface area contributed by atoms with Gasteiger partial charge < -0.3 is 5.32 Å². The third-order valence-electron chi connectivity index (χ3n) is 2.32. The van der Waals surface area contributed by atoms with Gasteiger partial charge in [-0.1, -0.05) is 0 Å². The van der Waals surface area contributed by atoms with Crippen LogP contribution in [0.5, 0.6) is 0 Å². The molecule has 0 atom stereocenters. The number of carbonyl (C=O) groups is 1. The summed E-state index contributed by atoms with van der Waals surface area (Å²) < 4.78 is 15.7. The predicted octanol–water partition coefficient (Wildman–Crippen LogP) is 1.60. The summed E-state index contributed by atoms with van der Waals surface area (Å²) in [5.74, 6) is -0.297. The molecule has 0 spiro atoms. The number of halogens is 2. The molecular formula is C10H11BrFN5O. The van der Waals surface area contributed by atoms with Gasteiger partial charge in [-0.05, 0) is 15.9 Å². The summed E-state index contributed by atoms with van der Waals surface area (Å²) in [6, 6.07) is 0. The summed E-state index contributed by atoms with van der Waals surface area (Å²) in [6.45, 7) is -0.324. The smallest absolute Gasteiger partial charge is 0.260 e. The fourth-order valence-electron chi connectivity index (χ4n) is 1.41. The highest BCUT2D eigenvalue weighted by molar-refractivity contribution is 9.10. The number of anilines is 1. The van der Waals surface area contributed by atoms with Gasteiger partial charge in [-0.2, -0.15) is 10.2 Å². The fraction of sp³-hybridized carbons (Fsp3) is 0.300. The van der Waals surface area contributed by atoms with Gasteiger partial charge in [-0.3, -0.25) is 14.2 Å². The summed E-state index contributed by atoms with van der Waals surface area (Å²) in [4.78, 5) is 11.9. The van der Waals surface area contributed by atoms with Gasteiger partial charge in [-0.15, -0.1) is 0 Å². The summed E-state index contributed by atoms with van der Waals surface area (Å²) in [7, 11) is 1.72. The van der Waals surface area contributed by atoms with Gasteiger partial charge in [0, 0.05) is 13.2 Å². The first kappa shape index (κ1) is 12.7. The van der Waals surface area contributed by atoms with Crippen LogP contribution in [0.4, 0.5) is 10.1 Å². The van der Waals surface area contributed by atoms with Crippen molar-refractivity contribution in [2.24, 2.45) is 7.05 Å². The Kier molecular flexibility index (Phi) is 3.75. The Morgan fingerprint density at radius 2 is 2.28 bits per heavy atom. The molecule has 0 aliphatic carbocycles. The van der Waals surface area contributed by atoms with Gasteiger partial charge in [0.05, 0.1) is 30.2 Å². The number of aromatic nitrogens is 4. The first-order chi connectivity index (χ1) is 8.61. The SMILES string of the molecule is Cn1ncc(C(=O)Nc2cnn(CCF)c2)c1Br. The molecular weight excluding hydrogens is 305 g/mol. The molecule has 2 heterocycles. The lowest BCUT2D eigenvalue weighted by Gasteiger charge is -2.00. The van der Waals surface area contributed by atoms with Crippen LogP contribution in [0.1, 0.15) is 10.4 Å². The number of carbonyl (C=O) groups excluding carboxylic acids is 1. The Morgan fingerprint density at radius 3 is 2.89 bits per heavy atom. The number of hydrogen-bond donors (Lipinski definition) is 1. The van der Waals surface area contributed by atoms with Crippen molar-refractivity contribution < 1.29 is 9.18 Å². The third kappa shape index (κ3) is 2.58. The lowest BCUT2D eigenvalue weighted by atomic mass is 10.3. The van der Waals surface area contributed by atoms with Crippen LogP contribution >= 0.6 is 15.9 Å². The monoisotopic (exact) mass is 315 g/mol. The Bertz CT molecular complexity index is 564. The minimum atomic E-state index is -0.497. The Balaban J connectivity index is 2.09. The number of nitrogens with zero attached hydrogens (tertiary/aromatic N) is 4. The normalized spacial score (nSPS) is 10.6. The van der Waals surface area contributed by atoms with Crippen molar-refractivity contribution in [3.05, 3.63) is 28.8 Å². The van der Waals surface area contributed by atoms with Gasteiger partial charge in [-0.25, -0.2) is 4.39 Å². The Labute approximate surface area is 111 Å². The van der Waals surface area contributed by atoms with Crippen LogP contribution in [0, 0.1) is 0 Å². The molecule has 2 aromatic heterocycles. The summed E-state index contributed by atoms with van der Waals surface area (Å²) in [6.07, 6.45) is 4.50. The van der Waals surface area contributed by atoms with E-state index >= 15 is 0 Å². The standard InChI is InChI=1S/C10H11BrFN5O/c1-16-9(11)8(5-13-16)10(18)15-7-4-14-17(6-7)3-2-12/h4-6H,2-3H2,1H3,(H,15,18). The highest BCUT2D eigenvalue weighted by atomic mass is 79.9. The highest BCUT2D eigenvalue weighted by Gasteiger charge is 2.14. The lowest BCUT2D eigenvalue weighted by Crippen LogP contribution is -2.11. The van der Waals surface area contributed by atoms with Crippen LogP contribution in [-0.2, 0) is 13.6 Å². The average molecular weight is 316 g/mol. The predicted molar refractivity (Wildman–Crippen MR) is 67.1 cm³/mol.